The van der Waals surface area contributed by atoms with Gasteiger partial charge in [0.25, 0.3) is 0 Å². The van der Waals surface area contributed by atoms with Crippen molar-refractivity contribution in [2.45, 2.75) is 25.8 Å². The molecule has 0 unspecified atom stereocenters. The summed E-state index contributed by atoms with van der Waals surface area (Å²) in [6, 6.07) is 9.13. The molecule has 38 heavy (non-hydrogen) atoms. The Bertz CT molecular complexity index is 1220. The molecule has 13 heteroatoms. The summed E-state index contributed by atoms with van der Waals surface area (Å²) < 4.78 is 16.6. The molecule has 1 fully saturated rings. The first kappa shape index (κ1) is 28.8. The van der Waals surface area contributed by atoms with Crippen molar-refractivity contribution >= 4 is 31.6 Å². The average Bonchev–Trinajstić information content (AvgIpc) is 2.95. The third-order valence-corrected chi connectivity index (χ3v) is 6.05. The van der Waals surface area contributed by atoms with Crippen LogP contribution in [0, 0.1) is 5.63 Å². The molecule has 3 amide bonds. The van der Waals surface area contributed by atoms with Gasteiger partial charge in [0.05, 0.1) is 0 Å². The number of piperazine rings is 1. The molecular weight excluding hydrogens is 511 g/mol. The molecule has 1 aromatic heterocycles. The number of hydrogen-bond acceptors (Lipinski definition) is 9. The minimum absolute atomic E-state index is 0.0268. The van der Waals surface area contributed by atoms with Gasteiger partial charge in [-0.25, -0.2) is 0 Å². The van der Waals surface area contributed by atoms with Crippen LogP contribution in [0.2, 0.25) is 0 Å². The predicted octanol–water partition coefficient (Wildman–Crippen LogP) is 1.98. The molecule has 1 aliphatic rings. The molecule has 12 nitrogen and oxygen atoms in total. The molecule has 0 aliphatic carbocycles. The van der Waals surface area contributed by atoms with E-state index in [9.17, 15) is 18.9 Å². The Morgan fingerprint density at radius 1 is 1.13 bits per heavy atom. The topological polar surface area (TPSA) is 154 Å². The molecule has 0 bridgehead atoms. The average molecular weight is 543 g/mol. The number of hydrogen-bond donors (Lipinski definition) is 3. The van der Waals surface area contributed by atoms with Crippen molar-refractivity contribution in [1.82, 2.24) is 25.1 Å². The molecule has 0 saturated carbocycles. The standard InChI is InChI=1S/C25H31N6O6P/c1-2-3-15-37-25(35)31-12-10-30(11-13-31)24(34)20(17-38-36)28-23(33)19-16-21(26-9-14-32)29-22(27-19)18-7-5-4-6-8-18/h4-8,16,20,32H,2-3,9-15H2,1H3,(H,28,33)(H,26,27,29)/t20-/m0/s1. The van der Waals surface area contributed by atoms with Crippen LogP contribution in [0.15, 0.2) is 36.4 Å². The van der Waals surface area contributed by atoms with Gasteiger partial charge in [-0.15, -0.1) is 0 Å². The normalized spacial score (nSPS) is 13.7. The van der Waals surface area contributed by atoms with Gasteiger partial charge < -0.3 is 0 Å². The number of aliphatic hydroxyl groups is 1. The summed E-state index contributed by atoms with van der Waals surface area (Å²) in [7, 11) is -0.552. The second kappa shape index (κ2) is 14.9. The maximum absolute atomic E-state index is 13.1. The monoisotopic (exact) mass is 542 g/mol. The van der Waals surface area contributed by atoms with Crippen molar-refractivity contribution in [3.05, 3.63) is 42.1 Å². The van der Waals surface area contributed by atoms with Crippen LogP contribution in [0.1, 0.15) is 30.3 Å². The molecule has 3 rings (SSSR count). The first-order valence-electron chi connectivity index (χ1n) is 12.3. The van der Waals surface area contributed by atoms with Crippen molar-refractivity contribution in [3.63, 3.8) is 0 Å². The van der Waals surface area contributed by atoms with Crippen LogP contribution in [-0.2, 0) is 14.1 Å². The number of amides is 3. The van der Waals surface area contributed by atoms with Gasteiger partial charge in [-0.05, 0) is 0 Å². The third-order valence-electron chi connectivity index (χ3n) is 5.69. The van der Waals surface area contributed by atoms with Gasteiger partial charge in [-0.3, -0.25) is 0 Å². The molecule has 2 heterocycles. The van der Waals surface area contributed by atoms with E-state index in [4.69, 9.17) is 9.84 Å². The number of carbonyl (C=O) groups is 3. The van der Waals surface area contributed by atoms with E-state index in [2.05, 4.69) is 26.2 Å². The van der Waals surface area contributed by atoms with Crippen molar-refractivity contribution in [3.8, 4) is 17.0 Å². The van der Waals surface area contributed by atoms with Crippen LogP contribution in [0.4, 0.5) is 10.6 Å². The van der Waals surface area contributed by atoms with Gasteiger partial charge in [-0.1, -0.05) is 6.92 Å². The van der Waals surface area contributed by atoms with Gasteiger partial charge in [-0.2, -0.15) is 0 Å². The number of nitrogens with zero attached hydrogens (tertiary/aromatic N) is 4. The van der Waals surface area contributed by atoms with Gasteiger partial charge in [0.2, 0.25) is 0 Å². The SMILES string of the molecule is CCCCOC(=O)N1CCN(C(=O)[C@H](C#P=O)NC(=O)c2cc(NCCO)nc(-c3ccccc3)n2)CC1. The number of ether oxygens (including phenoxy) is 1. The van der Waals surface area contributed by atoms with Gasteiger partial charge in [0, 0.05) is 0 Å². The zero-order valence-electron chi connectivity index (χ0n) is 21.1. The van der Waals surface area contributed by atoms with Crippen molar-refractivity contribution in [2.75, 3.05) is 51.3 Å². The molecule has 0 spiro atoms. The first-order valence-corrected chi connectivity index (χ1v) is 13.2. The molecule has 3 N–H and O–H groups in total. The van der Waals surface area contributed by atoms with Crippen LogP contribution in [0.3, 0.4) is 0 Å². The summed E-state index contributed by atoms with van der Waals surface area (Å²) in [4.78, 5) is 50.2. The summed E-state index contributed by atoms with van der Waals surface area (Å²) in [5.74, 6) is -0.600. The van der Waals surface area contributed by atoms with Gasteiger partial charge in [0.1, 0.15) is 0 Å². The Morgan fingerprint density at radius 3 is 2.50 bits per heavy atom. The predicted molar refractivity (Wildman–Crippen MR) is 140 cm³/mol. The Labute approximate surface area is 221 Å². The molecule has 1 aliphatic heterocycles. The maximum atomic E-state index is 13.1. The van der Waals surface area contributed by atoms with E-state index in [1.165, 1.54) is 15.9 Å². The number of nitrogens with one attached hydrogen (secondary N) is 2. The van der Waals surface area contributed by atoms with Crippen molar-refractivity contribution < 1.29 is 28.8 Å². The van der Waals surface area contributed by atoms with Crippen LogP contribution in [0.5, 0.6) is 0 Å². The number of rotatable bonds is 10. The van der Waals surface area contributed by atoms with Crippen LogP contribution in [-0.4, -0.2) is 94.8 Å². The second-order valence-electron chi connectivity index (χ2n) is 8.39. The molecular formula is C25H31N6O6P. The number of aliphatic hydroxyl groups excluding tert-OH is 1. The summed E-state index contributed by atoms with van der Waals surface area (Å²) >= 11 is 0. The van der Waals surface area contributed by atoms with Crippen molar-refractivity contribution in [2.24, 2.45) is 0 Å². The number of unbranched alkanes of at least 4 members (excludes halogenated alkanes) is 1. The second-order valence-corrected chi connectivity index (χ2v) is 8.83. The number of anilines is 1. The molecule has 1 aromatic carbocycles. The summed E-state index contributed by atoms with van der Waals surface area (Å²) in [5, 5.41) is 14.6. The van der Waals surface area contributed by atoms with Crippen LogP contribution >= 0.6 is 7.92 Å². The third kappa shape index (κ3) is 8.14. The molecule has 202 valence electrons. The van der Waals surface area contributed by atoms with E-state index in [-0.39, 0.29) is 50.8 Å². The molecule has 1 saturated heterocycles. The van der Waals surface area contributed by atoms with Crippen LogP contribution in [0.25, 0.3) is 11.4 Å². The van der Waals surface area contributed by atoms with E-state index < -0.39 is 31.9 Å². The Morgan fingerprint density at radius 2 is 1.84 bits per heavy atom. The molecule has 1 atom stereocenters. The van der Waals surface area contributed by atoms with Crippen LogP contribution < -0.4 is 10.6 Å². The van der Waals surface area contributed by atoms with E-state index in [0.717, 1.165) is 12.8 Å². The van der Waals surface area contributed by atoms with E-state index in [1.807, 2.05) is 25.1 Å². The first-order chi connectivity index (χ1) is 18.5. The summed E-state index contributed by atoms with van der Waals surface area (Å²) in [5.41, 5.74) is 3.08. The fourth-order valence-corrected chi connectivity index (χ4v) is 3.93. The fourth-order valence-electron chi connectivity index (χ4n) is 3.65. The minimum atomic E-state index is -1.30. The Kier molecular flexibility index (Phi) is 11.3. The number of benzene rings is 1. The van der Waals surface area contributed by atoms with Gasteiger partial charge >= 0.3 is 215 Å². The summed E-state index contributed by atoms with van der Waals surface area (Å²) in [6.45, 7) is 3.43. The zero-order valence-corrected chi connectivity index (χ0v) is 22.0. The fraction of sp³-hybridized carbons (Fsp3) is 0.440. The van der Waals surface area contributed by atoms with Gasteiger partial charge in [0.15, 0.2) is 0 Å². The quantitative estimate of drug-likeness (QED) is 0.302. The van der Waals surface area contributed by atoms with Crippen molar-refractivity contribution in [1.29, 1.82) is 0 Å². The molecule has 0 radical (unpaired) electrons. The summed E-state index contributed by atoms with van der Waals surface area (Å²) in [6.07, 6.45) is 1.27. The molecule has 2 aromatic rings. The zero-order chi connectivity index (χ0) is 27.3. The Hall–Kier alpha value is -3.72. The van der Waals surface area contributed by atoms with E-state index in [0.29, 0.717) is 18.0 Å². The van der Waals surface area contributed by atoms with E-state index >= 15 is 0 Å². The number of aromatic nitrogens is 2. The van der Waals surface area contributed by atoms with E-state index in [1.54, 1.807) is 12.1 Å². The Balaban J connectivity index is 1.71. The number of carbonyl (C=O) groups excluding carboxylic acids is 3.